The lowest BCUT2D eigenvalue weighted by molar-refractivity contribution is -0.121. The summed E-state index contributed by atoms with van der Waals surface area (Å²) in [6.07, 6.45) is 1.41. The Morgan fingerprint density at radius 1 is 1.16 bits per heavy atom. The molecule has 1 amide bonds. The van der Waals surface area contributed by atoms with Gasteiger partial charge >= 0.3 is 0 Å². The third-order valence-corrected chi connectivity index (χ3v) is 5.44. The quantitative estimate of drug-likeness (QED) is 0.598. The van der Waals surface area contributed by atoms with Crippen molar-refractivity contribution in [3.05, 3.63) is 64.1 Å². The van der Waals surface area contributed by atoms with Crippen molar-refractivity contribution in [3.63, 3.8) is 0 Å². The first-order chi connectivity index (χ1) is 11.8. The summed E-state index contributed by atoms with van der Waals surface area (Å²) in [6.45, 7) is -0.377. The molecule has 0 atom stereocenters. The first-order valence-electron chi connectivity index (χ1n) is 7.08. The van der Waals surface area contributed by atoms with E-state index in [9.17, 15) is 13.2 Å². The zero-order valence-electron chi connectivity index (χ0n) is 13.2. The van der Waals surface area contributed by atoms with Crippen molar-refractivity contribution in [2.45, 2.75) is 4.90 Å². The molecule has 0 saturated carbocycles. The van der Waals surface area contributed by atoms with Crippen molar-refractivity contribution in [2.24, 2.45) is 5.10 Å². The minimum atomic E-state index is -3.79. The van der Waals surface area contributed by atoms with E-state index in [-0.39, 0.29) is 11.4 Å². The Bertz CT molecular complexity index is 884. The van der Waals surface area contributed by atoms with Crippen molar-refractivity contribution >= 4 is 45.3 Å². The monoisotopic (exact) mass is 399 g/mol. The molecule has 0 fully saturated rings. The number of rotatable bonds is 6. The van der Waals surface area contributed by atoms with Gasteiger partial charge in [-0.05, 0) is 42.0 Å². The average molecular weight is 400 g/mol. The maximum Gasteiger partial charge on any atom is 0.255 e. The molecule has 0 heterocycles. The highest BCUT2D eigenvalue weighted by molar-refractivity contribution is 7.89. The smallest absolute Gasteiger partial charge is 0.255 e. The highest BCUT2D eigenvalue weighted by Crippen LogP contribution is 2.17. The molecule has 0 radical (unpaired) electrons. The number of hydrogen-bond donors (Lipinski definition) is 1. The van der Waals surface area contributed by atoms with Crippen LogP contribution in [0.2, 0.25) is 10.0 Å². The summed E-state index contributed by atoms with van der Waals surface area (Å²) in [7, 11) is -2.48. The minimum Gasteiger partial charge on any atom is -0.272 e. The predicted octanol–water partition coefficient (Wildman–Crippen LogP) is 2.76. The molecular formula is C16H15Cl2N3O3S. The van der Waals surface area contributed by atoms with Gasteiger partial charge < -0.3 is 0 Å². The summed E-state index contributed by atoms with van der Waals surface area (Å²) in [6, 6.07) is 12.6. The minimum absolute atomic E-state index is 0.0506. The lowest BCUT2D eigenvalue weighted by atomic mass is 10.2. The molecular weight excluding hydrogens is 385 g/mol. The molecule has 2 aromatic rings. The molecule has 2 rings (SSSR count). The molecule has 0 aliphatic rings. The Morgan fingerprint density at radius 3 is 2.48 bits per heavy atom. The van der Waals surface area contributed by atoms with Gasteiger partial charge in [-0.25, -0.2) is 13.8 Å². The maximum atomic E-state index is 12.4. The van der Waals surface area contributed by atoms with Gasteiger partial charge in [-0.3, -0.25) is 4.79 Å². The number of benzene rings is 2. The van der Waals surface area contributed by atoms with Gasteiger partial charge in [-0.1, -0.05) is 35.3 Å². The van der Waals surface area contributed by atoms with E-state index in [0.717, 1.165) is 4.31 Å². The SMILES string of the molecule is CN(CC(=O)N/N=C\c1cccc(Cl)c1)S(=O)(=O)c1ccc(Cl)cc1. The number of hydrogen-bond acceptors (Lipinski definition) is 4. The standard InChI is InChI=1S/C16H15Cl2N3O3S/c1-21(25(23,24)15-7-5-13(17)6-8-15)11-16(22)20-19-10-12-3-2-4-14(18)9-12/h2-10H,11H2,1H3,(H,20,22)/b19-10-. The molecule has 2 aromatic carbocycles. The van der Waals surface area contributed by atoms with Crippen molar-refractivity contribution < 1.29 is 13.2 Å². The van der Waals surface area contributed by atoms with Crippen LogP contribution in [0.4, 0.5) is 0 Å². The second kappa shape index (κ2) is 8.44. The number of nitrogens with one attached hydrogen (secondary N) is 1. The van der Waals surface area contributed by atoms with E-state index in [4.69, 9.17) is 23.2 Å². The topological polar surface area (TPSA) is 78.8 Å². The fourth-order valence-corrected chi connectivity index (χ4v) is 3.33. The van der Waals surface area contributed by atoms with Gasteiger partial charge in [0.2, 0.25) is 10.0 Å². The third kappa shape index (κ3) is 5.54. The van der Waals surface area contributed by atoms with E-state index < -0.39 is 15.9 Å². The van der Waals surface area contributed by atoms with Crippen LogP contribution < -0.4 is 5.43 Å². The van der Waals surface area contributed by atoms with E-state index >= 15 is 0 Å². The van der Waals surface area contributed by atoms with E-state index in [1.165, 1.54) is 37.5 Å². The maximum absolute atomic E-state index is 12.4. The molecule has 0 spiro atoms. The predicted molar refractivity (Wildman–Crippen MR) is 98.5 cm³/mol. The molecule has 6 nitrogen and oxygen atoms in total. The Labute approximate surface area is 156 Å². The van der Waals surface area contributed by atoms with Crippen LogP contribution in [0.5, 0.6) is 0 Å². The summed E-state index contributed by atoms with van der Waals surface area (Å²) in [4.78, 5) is 11.9. The van der Waals surface area contributed by atoms with E-state index in [0.29, 0.717) is 15.6 Å². The molecule has 0 unspecified atom stereocenters. The number of carbonyl (C=O) groups is 1. The first kappa shape index (κ1) is 19.4. The molecule has 25 heavy (non-hydrogen) atoms. The van der Waals surface area contributed by atoms with Gasteiger partial charge in [0.1, 0.15) is 0 Å². The second-order valence-electron chi connectivity index (χ2n) is 5.06. The van der Waals surface area contributed by atoms with Crippen LogP contribution in [-0.4, -0.2) is 38.4 Å². The van der Waals surface area contributed by atoms with Crippen molar-refractivity contribution in [3.8, 4) is 0 Å². The number of hydrazone groups is 1. The van der Waals surface area contributed by atoms with Crippen LogP contribution in [0.25, 0.3) is 0 Å². The largest absolute Gasteiger partial charge is 0.272 e. The van der Waals surface area contributed by atoms with Crippen molar-refractivity contribution in [2.75, 3.05) is 13.6 Å². The van der Waals surface area contributed by atoms with Crippen LogP contribution in [-0.2, 0) is 14.8 Å². The number of halogens is 2. The van der Waals surface area contributed by atoms with Crippen LogP contribution in [0.1, 0.15) is 5.56 Å². The van der Waals surface area contributed by atoms with Gasteiger partial charge in [-0.2, -0.15) is 9.41 Å². The number of amides is 1. The fourth-order valence-electron chi connectivity index (χ4n) is 1.87. The van der Waals surface area contributed by atoms with Crippen LogP contribution in [0, 0.1) is 0 Å². The van der Waals surface area contributed by atoms with Crippen LogP contribution >= 0.6 is 23.2 Å². The second-order valence-corrected chi connectivity index (χ2v) is 7.98. The van der Waals surface area contributed by atoms with Gasteiger partial charge in [-0.15, -0.1) is 0 Å². The number of likely N-dealkylation sites (N-methyl/N-ethyl adjacent to an activating group) is 1. The van der Waals surface area contributed by atoms with E-state index in [1.807, 2.05) is 0 Å². The van der Waals surface area contributed by atoms with Crippen molar-refractivity contribution in [1.82, 2.24) is 9.73 Å². The van der Waals surface area contributed by atoms with Gasteiger partial charge in [0.05, 0.1) is 17.7 Å². The summed E-state index contributed by atoms with van der Waals surface area (Å²) in [5.74, 6) is -0.571. The van der Waals surface area contributed by atoms with Gasteiger partial charge in [0, 0.05) is 17.1 Å². The first-order valence-corrected chi connectivity index (χ1v) is 9.28. The molecule has 0 bridgehead atoms. The van der Waals surface area contributed by atoms with Crippen molar-refractivity contribution in [1.29, 1.82) is 0 Å². The highest BCUT2D eigenvalue weighted by atomic mass is 35.5. The summed E-state index contributed by atoms with van der Waals surface area (Å²) in [5.41, 5.74) is 2.98. The molecule has 132 valence electrons. The number of nitrogens with zero attached hydrogens (tertiary/aromatic N) is 2. The normalized spacial score (nSPS) is 11.8. The summed E-state index contributed by atoms with van der Waals surface area (Å²) >= 11 is 11.6. The fraction of sp³-hybridized carbons (Fsp3) is 0.125. The van der Waals surface area contributed by atoms with Crippen LogP contribution in [0.3, 0.4) is 0 Å². The average Bonchev–Trinajstić information content (AvgIpc) is 2.55. The van der Waals surface area contributed by atoms with E-state index in [2.05, 4.69) is 10.5 Å². The molecule has 0 aliphatic heterocycles. The Kier molecular flexibility index (Phi) is 6.55. The third-order valence-electron chi connectivity index (χ3n) is 3.14. The summed E-state index contributed by atoms with van der Waals surface area (Å²) < 4.78 is 25.7. The molecule has 1 N–H and O–H groups in total. The Balaban J connectivity index is 1.96. The van der Waals surface area contributed by atoms with Gasteiger partial charge in [0.25, 0.3) is 5.91 Å². The lowest BCUT2D eigenvalue weighted by Crippen LogP contribution is -2.36. The molecule has 0 saturated heterocycles. The summed E-state index contributed by atoms with van der Waals surface area (Å²) in [5, 5.41) is 4.75. The number of carbonyl (C=O) groups excluding carboxylic acids is 1. The number of sulfonamides is 1. The zero-order chi connectivity index (χ0) is 18.4. The highest BCUT2D eigenvalue weighted by Gasteiger charge is 2.22. The molecule has 9 heteroatoms. The van der Waals surface area contributed by atoms with Gasteiger partial charge in [0.15, 0.2) is 0 Å². The van der Waals surface area contributed by atoms with Crippen LogP contribution in [0.15, 0.2) is 58.5 Å². The van der Waals surface area contributed by atoms with E-state index in [1.54, 1.807) is 24.3 Å². The zero-order valence-corrected chi connectivity index (χ0v) is 15.5. The lowest BCUT2D eigenvalue weighted by Gasteiger charge is -2.16. The Morgan fingerprint density at radius 2 is 1.84 bits per heavy atom. The molecule has 0 aromatic heterocycles. The molecule has 0 aliphatic carbocycles. The Hall–Kier alpha value is -1.93.